The lowest BCUT2D eigenvalue weighted by Crippen LogP contribution is -2.38. The fourth-order valence-electron chi connectivity index (χ4n) is 4.40. The van der Waals surface area contributed by atoms with Crippen LogP contribution in [0.3, 0.4) is 0 Å². The third kappa shape index (κ3) is 3.72. The average Bonchev–Trinajstić information content (AvgIpc) is 3.01. The standard InChI is InChI=1S/C26H17ClF3N3O/c1-26(14-15-9-18(28)13-19(29)10-15)20-11-16(17-3-5-22(30)21(27)12-17)4-6-23(20)33(24(26)34)25-31-7-2-8-32-25/h2-13H,14H2,1H3. The van der Waals surface area contributed by atoms with Crippen LogP contribution in [0.4, 0.5) is 24.8 Å². The highest BCUT2D eigenvalue weighted by Crippen LogP contribution is 2.47. The van der Waals surface area contributed by atoms with Gasteiger partial charge in [0.2, 0.25) is 11.9 Å². The maximum atomic E-state index is 13.9. The summed E-state index contributed by atoms with van der Waals surface area (Å²) in [6.07, 6.45) is 3.11. The molecule has 0 bridgehead atoms. The number of nitrogens with zero attached hydrogens (tertiary/aromatic N) is 3. The van der Waals surface area contributed by atoms with Crippen molar-refractivity contribution in [2.24, 2.45) is 0 Å². The Morgan fingerprint density at radius 1 is 0.912 bits per heavy atom. The molecule has 1 unspecified atom stereocenters. The lowest BCUT2D eigenvalue weighted by molar-refractivity contribution is -0.122. The summed E-state index contributed by atoms with van der Waals surface area (Å²) in [5, 5.41) is -0.0219. The van der Waals surface area contributed by atoms with Crippen molar-refractivity contribution in [3.05, 3.63) is 107 Å². The maximum Gasteiger partial charge on any atom is 0.244 e. The van der Waals surface area contributed by atoms with Gasteiger partial charge in [-0.2, -0.15) is 0 Å². The smallest absolute Gasteiger partial charge is 0.244 e. The van der Waals surface area contributed by atoms with Crippen LogP contribution in [0.5, 0.6) is 0 Å². The van der Waals surface area contributed by atoms with Gasteiger partial charge in [0, 0.05) is 18.5 Å². The van der Waals surface area contributed by atoms with Crippen LogP contribution in [0.1, 0.15) is 18.1 Å². The third-order valence-electron chi connectivity index (χ3n) is 5.99. The molecule has 1 aliphatic heterocycles. The monoisotopic (exact) mass is 479 g/mol. The first-order valence-electron chi connectivity index (χ1n) is 10.4. The quantitative estimate of drug-likeness (QED) is 0.340. The number of anilines is 2. The molecule has 34 heavy (non-hydrogen) atoms. The van der Waals surface area contributed by atoms with Gasteiger partial charge >= 0.3 is 0 Å². The Morgan fingerprint density at radius 3 is 2.24 bits per heavy atom. The number of amides is 1. The minimum absolute atomic E-state index is 0.0219. The molecule has 0 fully saturated rings. The lowest BCUT2D eigenvalue weighted by atomic mass is 9.77. The molecular formula is C26H17ClF3N3O. The van der Waals surface area contributed by atoms with E-state index in [-0.39, 0.29) is 23.3 Å². The number of halogens is 4. The van der Waals surface area contributed by atoms with Crippen molar-refractivity contribution in [3.63, 3.8) is 0 Å². The number of fused-ring (bicyclic) bond motifs is 1. The van der Waals surface area contributed by atoms with E-state index in [9.17, 15) is 18.0 Å². The van der Waals surface area contributed by atoms with E-state index in [1.165, 1.54) is 41.6 Å². The first-order chi connectivity index (χ1) is 16.3. The van der Waals surface area contributed by atoms with Crippen LogP contribution < -0.4 is 4.90 Å². The summed E-state index contributed by atoms with van der Waals surface area (Å²) < 4.78 is 41.5. The van der Waals surface area contributed by atoms with Crippen LogP contribution in [0, 0.1) is 17.5 Å². The Kier molecular flexibility index (Phi) is 5.37. The minimum Gasteiger partial charge on any atom is -0.273 e. The highest BCUT2D eigenvalue weighted by Gasteiger charge is 2.49. The van der Waals surface area contributed by atoms with Gasteiger partial charge < -0.3 is 0 Å². The number of hydrogen-bond acceptors (Lipinski definition) is 3. The summed E-state index contributed by atoms with van der Waals surface area (Å²) in [5.41, 5.74) is 1.73. The molecule has 170 valence electrons. The van der Waals surface area contributed by atoms with Gasteiger partial charge in [0.05, 0.1) is 16.1 Å². The molecule has 4 nitrogen and oxygen atoms in total. The van der Waals surface area contributed by atoms with Gasteiger partial charge in [-0.3, -0.25) is 4.79 Å². The van der Waals surface area contributed by atoms with Gasteiger partial charge in [-0.05, 0) is 78.1 Å². The molecule has 4 aromatic rings. The molecule has 1 aliphatic rings. The average molecular weight is 480 g/mol. The Bertz CT molecular complexity index is 1410. The van der Waals surface area contributed by atoms with Crippen molar-refractivity contribution < 1.29 is 18.0 Å². The van der Waals surface area contributed by atoms with E-state index in [0.29, 0.717) is 27.9 Å². The number of carbonyl (C=O) groups excluding carboxylic acids is 1. The van der Waals surface area contributed by atoms with E-state index >= 15 is 0 Å². The molecule has 1 aromatic heterocycles. The Labute approximate surface area is 198 Å². The number of aromatic nitrogens is 2. The van der Waals surface area contributed by atoms with Crippen LogP contribution in [-0.2, 0) is 16.6 Å². The number of carbonyl (C=O) groups is 1. The Morgan fingerprint density at radius 2 is 1.56 bits per heavy atom. The van der Waals surface area contributed by atoms with Gasteiger partial charge in [-0.15, -0.1) is 0 Å². The molecule has 3 aromatic carbocycles. The van der Waals surface area contributed by atoms with E-state index < -0.39 is 22.9 Å². The molecule has 0 N–H and O–H groups in total. The van der Waals surface area contributed by atoms with Gasteiger partial charge in [-0.25, -0.2) is 28.0 Å². The van der Waals surface area contributed by atoms with Crippen molar-refractivity contribution in [1.29, 1.82) is 0 Å². The second kappa shape index (κ2) is 8.25. The highest BCUT2D eigenvalue weighted by molar-refractivity contribution is 6.31. The summed E-state index contributed by atoms with van der Waals surface area (Å²) >= 11 is 5.98. The Balaban J connectivity index is 1.68. The SMILES string of the molecule is CC1(Cc2cc(F)cc(F)c2)C(=O)N(c2ncccn2)c2ccc(-c3ccc(F)c(Cl)c3)cc21. The summed E-state index contributed by atoms with van der Waals surface area (Å²) in [4.78, 5) is 23.7. The number of benzene rings is 3. The van der Waals surface area contributed by atoms with E-state index in [4.69, 9.17) is 11.6 Å². The second-order valence-corrected chi connectivity index (χ2v) is 8.74. The Hall–Kier alpha value is -3.71. The van der Waals surface area contributed by atoms with Crippen molar-refractivity contribution >= 4 is 29.1 Å². The molecule has 5 rings (SSSR count). The number of rotatable bonds is 4. The predicted octanol–water partition coefficient (Wildman–Crippen LogP) is 6.39. The molecule has 8 heteroatoms. The summed E-state index contributed by atoms with van der Waals surface area (Å²) in [5.74, 6) is -2.11. The molecule has 0 radical (unpaired) electrons. The van der Waals surface area contributed by atoms with E-state index in [0.717, 1.165) is 6.07 Å². The van der Waals surface area contributed by atoms with Crippen LogP contribution in [0.2, 0.25) is 5.02 Å². The van der Waals surface area contributed by atoms with Crippen LogP contribution in [-0.4, -0.2) is 15.9 Å². The van der Waals surface area contributed by atoms with E-state index in [1.54, 1.807) is 31.2 Å². The highest BCUT2D eigenvalue weighted by atomic mass is 35.5. The molecule has 2 heterocycles. The van der Waals surface area contributed by atoms with Gasteiger partial charge in [-0.1, -0.05) is 23.7 Å². The summed E-state index contributed by atoms with van der Waals surface area (Å²) in [6, 6.07) is 14.6. The molecule has 0 spiro atoms. The predicted molar refractivity (Wildman–Crippen MR) is 123 cm³/mol. The molecule has 0 saturated carbocycles. The maximum absolute atomic E-state index is 13.9. The normalized spacial score (nSPS) is 17.2. The van der Waals surface area contributed by atoms with Crippen LogP contribution in [0.15, 0.2) is 73.1 Å². The van der Waals surface area contributed by atoms with Crippen molar-refractivity contribution in [2.45, 2.75) is 18.8 Å². The third-order valence-corrected chi connectivity index (χ3v) is 6.28. The molecule has 0 saturated heterocycles. The van der Waals surface area contributed by atoms with E-state index in [2.05, 4.69) is 9.97 Å². The zero-order chi connectivity index (χ0) is 24.0. The zero-order valence-electron chi connectivity index (χ0n) is 17.9. The van der Waals surface area contributed by atoms with Crippen LogP contribution in [0.25, 0.3) is 11.1 Å². The topological polar surface area (TPSA) is 46.1 Å². The fourth-order valence-corrected chi connectivity index (χ4v) is 4.58. The van der Waals surface area contributed by atoms with Gasteiger partial charge in [0.15, 0.2) is 0 Å². The molecule has 1 amide bonds. The molecule has 1 atom stereocenters. The van der Waals surface area contributed by atoms with Crippen molar-refractivity contribution in [3.8, 4) is 11.1 Å². The lowest BCUT2D eigenvalue weighted by Gasteiger charge is -2.24. The van der Waals surface area contributed by atoms with Crippen molar-refractivity contribution in [1.82, 2.24) is 9.97 Å². The first kappa shape index (κ1) is 22.1. The second-order valence-electron chi connectivity index (χ2n) is 8.34. The van der Waals surface area contributed by atoms with Gasteiger partial charge in [0.1, 0.15) is 17.5 Å². The number of hydrogen-bond donors (Lipinski definition) is 0. The molecule has 0 aliphatic carbocycles. The van der Waals surface area contributed by atoms with Crippen molar-refractivity contribution in [2.75, 3.05) is 4.90 Å². The van der Waals surface area contributed by atoms with Gasteiger partial charge in [0.25, 0.3) is 0 Å². The molecular weight excluding hydrogens is 463 g/mol. The largest absolute Gasteiger partial charge is 0.273 e. The zero-order valence-corrected chi connectivity index (χ0v) is 18.7. The summed E-state index contributed by atoms with van der Waals surface area (Å²) in [6.45, 7) is 1.72. The fraction of sp³-hybridized carbons (Fsp3) is 0.115. The van der Waals surface area contributed by atoms with Crippen LogP contribution >= 0.6 is 11.6 Å². The first-order valence-corrected chi connectivity index (χ1v) is 10.8. The summed E-state index contributed by atoms with van der Waals surface area (Å²) in [7, 11) is 0. The minimum atomic E-state index is -1.17. The van der Waals surface area contributed by atoms with E-state index in [1.807, 2.05) is 6.07 Å².